The maximum absolute atomic E-state index is 13.5. The van der Waals surface area contributed by atoms with Gasteiger partial charge in [-0.3, -0.25) is 15.0 Å². The van der Waals surface area contributed by atoms with Crippen molar-refractivity contribution in [1.29, 1.82) is 0 Å². The Morgan fingerprint density at radius 3 is 2.06 bits per heavy atom. The second-order valence-corrected chi connectivity index (χ2v) is 13.9. The predicted octanol–water partition coefficient (Wildman–Crippen LogP) is 5.31. The van der Waals surface area contributed by atoms with Crippen molar-refractivity contribution in [2.45, 2.75) is 112 Å². The fourth-order valence-corrected chi connectivity index (χ4v) is 5.55. The van der Waals surface area contributed by atoms with Crippen LogP contribution in [0, 0.1) is 29.6 Å². The minimum absolute atomic E-state index is 0.0377. The van der Waals surface area contributed by atoms with Crippen LogP contribution < -0.4 is 5.43 Å². The third-order valence-electron chi connectivity index (χ3n) is 6.28. The highest BCUT2D eigenvalue weighted by molar-refractivity contribution is 7.88. The first kappa shape index (κ1) is 30.9. The van der Waals surface area contributed by atoms with Crippen molar-refractivity contribution < 1.29 is 22.7 Å². The van der Waals surface area contributed by atoms with Gasteiger partial charge < -0.3 is 4.74 Å². The van der Waals surface area contributed by atoms with E-state index in [1.807, 2.05) is 48.5 Å². The highest BCUT2D eigenvalue weighted by atomic mass is 32.2. The zero-order valence-electron chi connectivity index (χ0n) is 22.9. The number of hydrogen-bond acceptors (Lipinski definition) is 5. The molecule has 0 aromatic carbocycles. The molecule has 1 amide bonds. The second-order valence-electron chi connectivity index (χ2n) is 12.0. The van der Waals surface area contributed by atoms with Gasteiger partial charge >= 0.3 is 5.97 Å². The molecule has 2 atom stereocenters. The Labute approximate surface area is 208 Å². The molecule has 1 N–H and O–H groups in total. The summed E-state index contributed by atoms with van der Waals surface area (Å²) >= 11 is 0. The van der Waals surface area contributed by atoms with Crippen molar-refractivity contribution in [2.75, 3.05) is 12.8 Å². The Bertz CT molecular complexity index is 737. The van der Waals surface area contributed by atoms with E-state index in [2.05, 4.69) is 5.43 Å². The van der Waals surface area contributed by atoms with E-state index in [-0.39, 0.29) is 24.3 Å². The average molecular weight is 503 g/mol. The van der Waals surface area contributed by atoms with Crippen molar-refractivity contribution in [2.24, 2.45) is 29.6 Å². The highest BCUT2D eigenvalue weighted by Crippen LogP contribution is 2.32. The topological polar surface area (TPSA) is 92.8 Å². The van der Waals surface area contributed by atoms with Gasteiger partial charge in [-0.25, -0.2) is 8.42 Å². The largest absolute Gasteiger partial charge is 0.460 e. The maximum Gasteiger partial charge on any atom is 0.310 e. The Morgan fingerprint density at radius 1 is 1.00 bits per heavy atom. The standard InChI is InChI=1S/C26H50N2O5S/c1-19(2)17-23(24(29)27-28(18-20(3)4)34(8,31)32)22(25(30)33-26(5,6)7)16-12-15-21-13-10-9-11-14-21/h19-23H,9-18H2,1-8H3,(H,27,29)/t22-,23+/m0/s1. The van der Waals surface area contributed by atoms with Gasteiger partial charge in [-0.05, 0) is 51.4 Å². The lowest BCUT2D eigenvalue weighted by atomic mass is 9.79. The molecule has 1 saturated carbocycles. The zero-order valence-corrected chi connectivity index (χ0v) is 23.7. The molecule has 0 aromatic rings. The number of carbonyl (C=O) groups is 2. The number of nitrogens with one attached hydrogen (secondary N) is 1. The summed E-state index contributed by atoms with van der Waals surface area (Å²) in [6, 6.07) is 0. The summed E-state index contributed by atoms with van der Waals surface area (Å²) in [5.74, 6) is -1.16. The Balaban J connectivity index is 3.12. The summed E-state index contributed by atoms with van der Waals surface area (Å²) in [4.78, 5) is 26.8. The van der Waals surface area contributed by atoms with Crippen molar-refractivity contribution in [3.63, 3.8) is 0 Å². The molecule has 7 nitrogen and oxygen atoms in total. The van der Waals surface area contributed by atoms with Crippen LogP contribution >= 0.6 is 0 Å². The molecule has 0 saturated heterocycles. The molecule has 1 aliphatic carbocycles. The quantitative estimate of drug-likeness (QED) is 0.272. The summed E-state index contributed by atoms with van der Waals surface area (Å²) in [7, 11) is -3.64. The van der Waals surface area contributed by atoms with Crippen LogP contribution in [0.3, 0.4) is 0 Å². The van der Waals surface area contributed by atoms with Gasteiger partial charge in [-0.15, -0.1) is 4.41 Å². The highest BCUT2D eigenvalue weighted by Gasteiger charge is 2.38. The number of carbonyl (C=O) groups excluding carboxylic acids is 2. The third kappa shape index (κ3) is 12.0. The molecule has 0 unspecified atom stereocenters. The van der Waals surface area contributed by atoms with E-state index in [0.29, 0.717) is 18.8 Å². The van der Waals surface area contributed by atoms with Crippen molar-refractivity contribution in [1.82, 2.24) is 9.84 Å². The first-order valence-electron chi connectivity index (χ1n) is 13.1. The number of rotatable bonds is 13. The van der Waals surface area contributed by atoms with E-state index >= 15 is 0 Å². The van der Waals surface area contributed by atoms with Gasteiger partial charge in [-0.2, -0.15) is 0 Å². The SMILES string of the molecule is CC(C)C[C@@H](C(=O)NN(CC(C)C)S(C)(=O)=O)[C@H](CCCC1CCCCC1)C(=O)OC(C)(C)C. The van der Waals surface area contributed by atoms with Gasteiger partial charge in [0.25, 0.3) is 0 Å². The number of nitrogens with zero attached hydrogens (tertiary/aromatic N) is 1. The molecule has 0 bridgehead atoms. The van der Waals surface area contributed by atoms with Crippen LogP contribution in [0.1, 0.15) is 106 Å². The van der Waals surface area contributed by atoms with Crippen LogP contribution in [0.15, 0.2) is 0 Å². The predicted molar refractivity (Wildman–Crippen MR) is 137 cm³/mol. The summed E-state index contributed by atoms with van der Waals surface area (Å²) in [5, 5.41) is 0. The molecule has 0 aromatic heterocycles. The summed E-state index contributed by atoms with van der Waals surface area (Å²) in [5.41, 5.74) is 1.97. The van der Waals surface area contributed by atoms with E-state index in [1.165, 1.54) is 32.1 Å². The molecule has 0 spiro atoms. The van der Waals surface area contributed by atoms with Gasteiger partial charge in [0.05, 0.1) is 18.1 Å². The van der Waals surface area contributed by atoms with Crippen molar-refractivity contribution in [3.8, 4) is 0 Å². The van der Waals surface area contributed by atoms with Crippen LogP contribution in [-0.4, -0.2) is 43.1 Å². The number of sulfonamides is 1. The van der Waals surface area contributed by atoms with Gasteiger partial charge in [0.1, 0.15) is 5.60 Å². The van der Waals surface area contributed by atoms with E-state index in [4.69, 9.17) is 4.74 Å². The molecule has 1 fully saturated rings. The zero-order chi connectivity index (χ0) is 26.1. The smallest absolute Gasteiger partial charge is 0.310 e. The molecule has 1 rings (SSSR count). The van der Waals surface area contributed by atoms with Gasteiger partial charge in [-0.1, -0.05) is 72.6 Å². The Morgan fingerprint density at radius 2 is 1.59 bits per heavy atom. The van der Waals surface area contributed by atoms with Crippen LogP contribution in [-0.2, 0) is 24.3 Å². The lowest BCUT2D eigenvalue weighted by Crippen LogP contribution is -2.51. The fourth-order valence-electron chi connectivity index (χ4n) is 4.73. The summed E-state index contributed by atoms with van der Waals surface area (Å²) in [6.45, 7) is 13.5. The first-order chi connectivity index (χ1) is 15.6. The third-order valence-corrected chi connectivity index (χ3v) is 7.32. The average Bonchev–Trinajstić information content (AvgIpc) is 2.67. The lowest BCUT2D eigenvalue weighted by molar-refractivity contribution is -0.165. The number of ether oxygens (including phenoxy) is 1. The first-order valence-corrected chi connectivity index (χ1v) is 15.0. The van der Waals surface area contributed by atoms with Gasteiger partial charge in [0, 0.05) is 6.54 Å². The van der Waals surface area contributed by atoms with E-state index < -0.39 is 33.4 Å². The van der Waals surface area contributed by atoms with Crippen LogP contribution in [0.25, 0.3) is 0 Å². The van der Waals surface area contributed by atoms with Gasteiger partial charge in [0.15, 0.2) is 0 Å². The number of esters is 1. The summed E-state index contributed by atoms with van der Waals surface area (Å²) in [6.07, 6.45) is 10.4. The Hall–Kier alpha value is -1.15. The minimum atomic E-state index is -3.64. The van der Waals surface area contributed by atoms with Crippen molar-refractivity contribution in [3.05, 3.63) is 0 Å². The normalized spacial score (nSPS) is 17.7. The summed E-state index contributed by atoms with van der Waals surface area (Å²) < 4.78 is 31.4. The molecular weight excluding hydrogens is 452 g/mol. The monoisotopic (exact) mass is 502 g/mol. The molecule has 1 aliphatic rings. The van der Waals surface area contributed by atoms with Crippen LogP contribution in [0.4, 0.5) is 0 Å². The maximum atomic E-state index is 13.5. The molecule has 8 heteroatoms. The van der Waals surface area contributed by atoms with E-state index in [1.54, 1.807) is 0 Å². The molecule has 0 heterocycles. The van der Waals surface area contributed by atoms with Gasteiger partial charge in [0.2, 0.25) is 15.9 Å². The molecular formula is C26H50N2O5S. The molecule has 0 aliphatic heterocycles. The lowest BCUT2D eigenvalue weighted by Gasteiger charge is -2.32. The fraction of sp³-hybridized carbons (Fsp3) is 0.923. The number of hydrogen-bond donors (Lipinski definition) is 1. The minimum Gasteiger partial charge on any atom is -0.460 e. The molecule has 0 radical (unpaired) electrons. The number of amides is 1. The second kappa shape index (κ2) is 13.8. The Kier molecular flexibility index (Phi) is 12.5. The van der Waals surface area contributed by atoms with E-state index in [0.717, 1.165) is 23.5 Å². The van der Waals surface area contributed by atoms with Crippen LogP contribution in [0.2, 0.25) is 0 Å². The van der Waals surface area contributed by atoms with Crippen molar-refractivity contribution >= 4 is 21.9 Å². The number of hydrazine groups is 1. The van der Waals surface area contributed by atoms with E-state index in [9.17, 15) is 18.0 Å². The molecule has 200 valence electrons. The van der Waals surface area contributed by atoms with Crippen LogP contribution in [0.5, 0.6) is 0 Å². The molecule has 34 heavy (non-hydrogen) atoms.